The summed E-state index contributed by atoms with van der Waals surface area (Å²) in [6, 6.07) is 7.47. The average molecular weight is 328 g/mol. The second kappa shape index (κ2) is 6.32. The van der Waals surface area contributed by atoms with E-state index in [0.717, 1.165) is 31.4 Å². The summed E-state index contributed by atoms with van der Waals surface area (Å²) in [5, 5.41) is 3.66. The molecule has 1 saturated carbocycles. The Morgan fingerprint density at radius 3 is 2.78 bits per heavy atom. The van der Waals surface area contributed by atoms with Gasteiger partial charge in [-0.15, -0.1) is 11.3 Å². The third-order valence-corrected chi connectivity index (χ3v) is 5.62. The highest BCUT2D eigenvalue weighted by atomic mass is 32.1. The van der Waals surface area contributed by atoms with Crippen molar-refractivity contribution in [2.45, 2.75) is 51.0 Å². The third-order valence-electron chi connectivity index (χ3n) is 4.54. The SMILES string of the molecule is O=C(Nc1nc2c(s1)CCCC2)c1ccccc1OC1CCC1. The number of para-hydroxylation sites is 1. The number of fused-ring (bicyclic) bond motifs is 1. The van der Waals surface area contributed by atoms with E-state index in [0.29, 0.717) is 16.4 Å². The van der Waals surface area contributed by atoms with Crippen molar-refractivity contribution in [2.75, 3.05) is 5.32 Å². The average Bonchev–Trinajstić information content (AvgIpc) is 2.93. The number of carbonyl (C=O) groups is 1. The Labute approximate surface area is 139 Å². The molecule has 1 amide bonds. The minimum atomic E-state index is -0.133. The Morgan fingerprint density at radius 2 is 2.00 bits per heavy atom. The van der Waals surface area contributed by atoms with Gasteiger partial charge in [0.15, 0.2) is 5.13 Å². The first-order chi connectivity index (χ1) is 11.3. The van der Waals surface area contributed by atoms with Crippen LogP contribution in [0.4, 0.5) is 5.13 Å². The lowest BCUT2D eigenvalue weighted by atomic mass is 9.96. The molecule has 0 saturated heterocycles. The van der Waals surface area contributed by atoms with Crippen molar-refractivity contribution in [1.29, 1.82) is 0 Å². The van der Waals surface area contributed by atoms with Crippen LogP contribution in [0.25, 0.3) is 0 Å². The fraction of sp³-hybridized carbons (Fsp3) is 0.444. The Balaban J connectivity index is 1.51. The summed E-state index contributed by atoms with van der Waals surface area (Å²) in [4.78, 5) is 18.5. The molecule has 2 aliphatic carbocycles. The highest BCUT2D eigenvalue weighted by molar-refractivity contribution is 7.15. The number of rotatable bonds is 4. The topological polar surface area (TPSA) is 51.2 Å². The van der Waals surface area contributed by atoms with Gasteiger partial charge in [0.1, 0.15) is 5.75 Å². The van der Waals surface area contributed by atoms with E-state index in [1.165, 1.54) is 24.1 Å². The van der Waals surface area contributed by atoms with Crippen LogP contribution >= 0.6 is 11.3 Å². The smallest absolute Gasteiger partial charge is 0.261 e. The Bertz CT molecular complexity index is 698. The summed E-state index contributed by atoms with van der Waals surface area (Å²) < 4.78 is 5.94. The number of carbonyl (C=O) groups excluding carboxylic acids is 1. The van der Waals surface area contributed by atoms with E-state index in [4.69, 9.17) is 4.74 Å². The van der Waals surface area contributed by atoms with Crippen molar-refractivity contribution in [1.82, 2.24) is 4.98 Å². The van der Waals surface area contributed by atoms with Crippen LogP contribution in [0.5, 0.6) is 5.75 Å². The second-order valence-electron chi connectivity index (χ2n) is 6.22. The molecule has 0 spiro atoms. The Kier molecular flexibility index (Phi) is 4.04. The molecule has 1 aromatic carbocycles. The summed E-state index contributed by atoms with van der Waals surface area (Å²) in [5.41, 5.74) is 1.75. The summed E-state index contributed by atoms with van der Waals surface area (Å²) in [6.45, 7) is 0. The van der Waals surface area contributed by atoms with Crippen LogP contribution in [0.1, 0.15) is 53.0 Å². The molecule has 0 unspecified atom stereocenters. The van der Waals surface area contributed by atoms with Crippen LogP contribution in [0.15, 0.2) is 24.3 Å². The molecule has 1 aromatic heterocycles. The molecule has 0 aliphatic heterocycles. The van der Waals surface area contributed by atoms with Gasteiger partial charge in [-0.3, -0.25) is 10.1 Å². The van der Waals surface area contributed by atoms with E-state index in [1.807, 2.05) is 24.3 Å². The van der Waals surface area contributed by atoms with Gasteiger partial charge in [-0.25, -0.2) is 4.98 Å². The number of nitrogens with one attached hydrogen (secondary N) is 1. The van der Waals surface area contributed by atoms with Gasteiger partial charge < -0.3 is 4.74 Å². The third kappa shape index (κ3) is 3.11. The lowest BCUT2D eigenvalue weighted by molar-refractivity contribution is 0.0992. The zero-order valence-electron chi connectivity index (χ0n) is 13.0. The van der Waals surface area contributed by atoms with Crippen molar-refractivity contribution in [3.8, 4) is 5.75 Å². The molecule has 2 aliphatic rings. The van der Waals surface area contributed by atoms with Crippen LogP contribution < -0.4 is 10.1 Å². The molecule has 0 bridgehead atoms. The molecule has 0 radical (unpaired) electrons. The lowest BCUT2D eigenvalue weighted by Gasteiger charge is -2.27. The number of hydrogen-bond donors (Lipinski definition) is 1. The number of anilines is 1. The molecule has 2 aromatic rings. The van der Waals surface area contributed by atoms with Crippen LogP contribution in [0.2, 0.25) is 0 Å². The van der Waals surface area contributed by atoms with Crippen molar-refractivity contribution in [3.05, 3.63) is 40.4 Å². The fourth-order valence-corrected chi connectivity index (χ4v) is 4.04. The monoisotopic (exact) mass is 328 g/mol. The van der Waals surface area contributed by atoms with Gasteiger partial charge in [0.25, 0.3) is 5.91 Å². The highest BCUT2D eigenvalue weighted by Crippen LogP contribution is 2.31. The molecular formula is C18H20N2O2S. The number of hydrogen-bond acceptors (Lipinski definition) is 4. The minimum absolute atomic E-state index is 0.133. The molecule has 1 fully saturated rings. The van der Waals surface area contributed by atoms with E-state index >= 15 is 0 Å². The van der Waals surface area contributed by atoms with E-state index in [9.17, 15) is 4.79 Å². The van der Waals surface area contributed by atoms with E-state index in [1.54, 1.807) is 11.3 Å². The Hall–Kier alpha value is -1.88. The summed E-state index contributed by atoms with van der Waals surface area (Å²) in [6.07, 6.45) is 8.17. The molecule has 1 heterocycles. The maximum Gasteiger partial charge on any atom is 0.261 e. The molecule has 4 rings (SSSR count). The highest BCUT2D eigenvalue weighted by Gasteiger charge is 2.23. The molecule has 0 atom stereocenters. The fourth-order valence-electron chi connectivity index (χ4n) is 3.00. The van der Waals surface area contributed by atoms with Gasteiger partial charge >= 0.3 is 0 Å². The predicted octanol–water partition coefficient (Wildman–Crippen LogP) is 4.21. The number of aryl methyl sites for hydroxylation is 2. The van der Waals surface area contributed by atoms with Crippen LogP contribution in [0, 0.1) is 0 Å². The van der Waals surface area contributed by atoms with Crippen molar-refractivity contribution >= 4 is 22.4 Å². The lowest BCUT2D eigenvalue weighted by Crippen LogP contribution is -2.26. The summed E-state index contributed by atoms with van der Waals surface area (Å²) in [5.74, 6) is 0.544. The maximum atomic E-state index is 12.6. The summed E-state index contributed by atoms with van der Waals surface area (Å²) >= 11 is 1.61. The number of ether oxygens (including phenoxy) is 1. The zero-order valence-corrected chi connectivity index (χ0v) is 13.8. The maximum absolute atomic E-state index is 12.6. The van der Waals surface area contributed by atoms with Gasteiger partial charge in [0, 0.05) is 4.88 Å². The van der Waals surface area contributed by atoms with Crippen LogP contribution in [-0.4, -0.2) is 17.0 Å². The van der Waals surface area contributed by atoms with Crippen LogP contribution in [0.3, 0.4) is 0 Å². The Morgan fingerprint density at radius 1 is 1.17 bits per heavy atom. The molecule has 23 heavy (non-hydrogen) atoms. The van der Waals surface area contributed by atoms with E-state index in [2.05, 4.69) is 10.3 Å². The summed E-state index contributed by atoms with van der Waals surface area (Å²) in [7, 11) is 0. The van der Waals surface area contributed by atoms with E-state index < -0.39 is 0 Å². The standard InChI is InChI=1S/C18H20N2O2S/c21-17(20-18-19-14-9-2-4-11-16(14)23-18)13-8-1-3-10-15(13)22-12-6-5-7-12/h1,3,8,10,12H,2,4-7,9,11H2,(H,19,20,21). The van der Waals surface area contributed by atoms with Crippen molar-refractivity contribution in [2.24, 2.45) is 0 Å². The first kappa shape index (κ1) is 14.7. The van der Waals surface area contributed by atoms with E-state index in [-0.39, 0.29) is 12.0 Å². The van der Waals surface area contributed by atoms with Gasteiger partial charge in [0.2, 0.25) is 0 Å². The van der Waals surface area contributed by atoms with Crippen molar-refractivity contribution < 1.29 is 9.53 Å². The molecule has 5 heteroatoms. The number of nitrogens with zero attached hydrogens (tertiary/aromatic N) is 1. The quantitative estimate of drug-likeness (QED) is 0.915. The van der Waals surface area contributed by atoms with Gasteiger partial charge in [-0.05, 0) is 57.1 Å². The zero-order chi connectivity index (χ0) is 15.6. The first-order valence-corrected chi connectivity index (χ1v) is 9.17. The normalized spacial score (nSPS) is 17.2. The van der Waals surface area contributed by atoms with Gasteiger partial charge in [0.05, 0.1) is 17.4 Å². The number of aromatic nitrogens is 1. The molecule has 120 valence electrons. The largest absolute Gasteiger partial charge is 0.490 e. The first-order valence-electron chi connectivity index (χ1n) is 8.35. The molecule has 1 N–H and O–H groups in total. The number of amides is 1. The second-order valence-corrected chi connectivity index (χ2v) is 7.30. The van der Waals surface area contributed by atoms with Gasteiger partial charge in [-0.2, -0.15) is 0 Å². The number of benzene rings is 1. The number of thiazole rings is 1. The van der Waals surface area contributed by atoms with Gasteiger partial charge in [-0.1, -0.05) is 12.1 Å². The molecule has 4 nitrogen and oxygen atoms in total. The minimum Gasteiger partial charge on any atom is -0.490 e. The van der Waals surface area contributed by atoms with Crippen LogP contribution in [-0.2, 0) is 12.8 Å². The van der Waals surface area contributed by atoms with Crippen molar-refractivity contribution in [3.63, 3.8) is 0 Å². The molecular weight excluding hydrogens is 308 g/mol. The predicted molar refractivity (Wildman–Crippen MR) is 91.4 cm³/mol.